The highest BCUT2D eigenvalue weighted by atomic mass is 16.3. The second kappa shape index (κ2) is 14.8. The molecule has 1 N–H and O–H groups in total. The molecule has 2 heterocycles. The van der Waals surface area contributed by atoms with Crippen LogP contribution < -0.4 is 0 Å². The number of phenols is 1. The molecule has 0 amide bonds. The predicted octanol–water partition coefficient (Wildman–Crippen LogP) is 16.1. The van der Waals surface area contributed by atoms with E-state index in [1.54, 1.807) is 6.07 Å². The van der Waals surface area contributed by atoms with Gasteiger partial charge in [0.05, 0.1) is 11.1 Å². The SMILES string of the molecule is Cc1ccnc2c(-c3cc(-c4cc(-c5ccc(C(C)(C)C)cc5)cc5oc(-c6cc(C(C)(C)C)ccc6O)nc45)cc(C(C(C)(C)C)C(C)(C)C)c3)cc(C(C)(C)C)cc12. The predicted molar refractivity (Wildman–Crippen MR) is 255 cm³/mol. The van der Waals surface area contributed by atoms with E-state index in [9.17, 15) is 5.11 Å². The largest absolute Gasteiger partial charge is 0.507 e. The van der Waals surface area contributed by atoms with Gasteiger partial charge in [0.25, 0.3) is 0 Å². The normalized spacial score (nSPS) is 13.2. The van der Waals surface area contributed by atoms with Gasteiger partial charge in [0, 0.05) is 22.7 Å². The van der Waals surface area contributed by atoms with Gasteiger partial charge in [-0.3, -0.25) is 4.98 Å². The highest BCUT2D eigenvalue weighted by molar-refractivity contribution is 6.00. The van der Waals surface area contributed by atoms with E-state index in [1.165, 1.54) is 27.6 Å². The number of benzene rings is 5. The van der Waals surface area contributed by atoms with E-state index in [0.717, 1.165) is 50.0 Å². The van der Waals surface area contributed by atoms with Gasteiger partial charge in [-0.05, 0) is 139 Å². The molecule has 0 radical (unpaired) electrons. The molecule has 0 unspecified atom stereocenters. The summed E-state index contributed by atoms with van der Waals surface area (Å²) in [5.74, 6) is 0.756. The molecule has 7 rings (SSSR count). The Labute approximate surface area is 359 Å². The topological polar surface area (TPSA) is 59.2 Å². The minimum absolute atomic E-state index is 0.0342. The number of pyridine rings is 1. The molecule has 7 aromatic rings. The third-order valence-corrected chi connectivity index (χ3v) is 12.2. The summed E-state index contributed by atoms with van der Waals surface area (Å²) in [6.07, 6.45) is 1.94. The zero-order chi connectivity index (χ0) is 43.9. The number of nitrogens with zero attached hydrogens (tertiary/aromatic N) is 2. The van der Waals surface area contributed by atoms with Crippen molar-refractivity contribution in [3.63, 3.8) is 0 Å². The molecule has 0 saturated carbocycles. The van der Waals surface area contributed by atoms with Crippen LogP contribution in [0.2, 0.25) is 0 Å². The van der Waals surface area contributed by atoms with Crippen molar-refractivity contribution in [1.82, 2.24) is 9.97 Å². The van der Waals surface area contributed by atoms with Gasteiger partial charge in [-0.1, -0.05) is 146 Å². The van der Waals surface area contributed by atoms with Crippen LogP contribution >= 0.6 is 0 Å². The molecule has 0 spiro atoms. The zero-order valence-electron chi connectivity index (χ0n) is 39.1. The Morgan fingerprint density at radius 3 is 1.62 bits per heavy atom. The smallest absolute Gasteiger partial charge is 0.231 e. The van der Waals surface area contributed by atoms with Gasteiger partial charge in [0.2, 0.25) is 5.89 Å². The van der Waals surface area contributed by atoms with Gasteiger partial charge in [-0.2, -0.15) is 0 Å². The first-order valence-corrected chi connectivity index (χ1v) is 21.6. The van der Waals surface area contributed by atoms with Crippen molar-refractivity contribution in [2.24, 2.45) is 10.8 Å². The van der Waals surface area contributed by atoms with Crippen LogP contribution in [0.25, 0.3) is 66.8 Å². The second-order valence-electron chi connectivity index (χ2n) is 22.5. The Balaban J connectivity index is 1.59. The molecule has 4 heteroatoms. The van der Waals surface area contributed by atoms with Crippen LogP contribution in [0.3, 0.4) is 0 Å². The van der Waals surface area contributed by atoms with Gasteiger partial charge in [0.15, 0.2) is 5.58 Å². The molecule has 0 saturated heterocycles. The van der Waals surface area contributed by atoms with Crippen molar-refractivity contribution >= 4 is 22.0 Å². The molecule has 4 nitrogen and oxygen atoms in total. The monoisotopic (exact) mass is 799 g/mol. The Hall–Kier alpha value is -5.22. The Bertz CT molecular complexity index is 2720. The number of oxazole rings is 1. The highest BCUT2D eigenvalue weighted by Gasteiger charge is 2.37. The Morgan fingerprint density at radius 1 is 0.500 bits per heavy atom. The average molecular weight is 799 g/mol. The van der Waals surface area contributed by atoms with Crippen LogP contribution in [0.4, 0.5) is 0 Å². The molecule has 0 fully saturated rings. The lowest BCUT2D eigenvalue weighted by Gasteiger charge is -2.41. The summed E-state index contributed by atoms with van der Waals surface area (Å²) in [6.45, 7) is 36.5. The van der Waals surface area contributed by atoms with Gasteiger partial charge < -0.3 is 9.52 Å². The molecule has 0 aliphatic carbocycles. The van der Waals surface area contributed by atoms with E-state index in [0.29, 0.717) is 17.0 Å². The summed E-state index contributed by atoms with van der Waals surface area (Å²) >= 11 is 0. The van der Waals surface area contributed by atoms with E-state index in [1.807, 2.05) is 18.3 Å². The first-order valence-electron chi connectivity index (χ1n) is 21.6. The quantitative estimate of drug-likeness (QED) is 0.188. The van der Waals surface area contributed by atoms with Gasteiger partial charge in [-0.15, -0.1) is 0 Å². The van der Waals surface area contributed by atoms with Gasteiger partial charge >= 0.3 is 0 Å². The lowest BCUT2D eigenvalue weighted by molar-refractivity contribution is 0.176. The molecule has 5 aromatic carbocycles. The molecule has 60 heavy (non-hydrogen) atoms. The Morgan fingerprint density at radius 2 is 1.05 bits per heavy atom. The summed E-state index contributed by atoms with van der Waals surface area (Å²) in [5, 5.41) is 12.5. The highest BCUT2D eigenvalue weighted by Crippen LogP contribution is 2.50. The van der Waals surface area contributed by atoms with E-state index in [4.69, 9.17) is 14.4 Å². The van der Waals surface area contributed by atoms with Crippen LogP contribution in [0, 0.1) is 17.8 Å². The maximum absolute atomic E-state index is 11.3. The van der Waals surface area contributed by atoms with Crippen molar-refractivity contribution in [2.75, 3.05) is 0 Å². The van der Waals surface area contributed by atoms with Gasteiger partial charge in [-0.25, -0.2) is 4.98 Å². The maximum Gasteiger partial charge on any atom is 0.231 e. The van der Waals surface area contributed by atoms with Crippen LogP contribution in [0.15, 0.2) is 102 Å². The number of rotatable bonds is 5. The van der Waals surface area contributed by atoms with Crippen molar-refractivity contribution in [3.05, 3.63) is 125 Å². The summed E-state index contributed by atoms with van der Waals surface area (Å²) in [5.41, 5.74) is 15.4. The van der Waals surface area contributed by atoms with Crippen molar-refractivity contribution in [3.8, 4) is 50.6 Å². The number of aryl methyl sites for hydroxylation is 1. The third kappa shape index (κ3) is 8.40. The Kier molecular flexibility index (Phi) is 10.5. The summed E-state index contributed by atoms with van der Waals surface area (Å²) < 4.78 is 6.75. The number of hydrogen-bond donors (Lipinski definition) is 1. The summed E-state index contributed by atoms with van der Waals surface area (Å²) in [6, 6.07) is 33.0. The van der Waals surface area contributed by atoms with Crippen molar-refractivity contribution < 1.29 is 9.52 Å². The number of aromatic hydroxyl groups is 1. The average Bonchev–Trinajstić information content (AvgIpc) is 3.56. The summed E-state index contributed by atoms with van der Waals surface area (Å²) in [7, 11) is 0. The van der Waals surface area contributed by atoms with Crippen LogP contribution in [-0.2, 0) is 16.2 Å². The maximum atomic E-state index is 11.3. The lowest BCUT2D eigenvalue weighted by atomic mass is 9.63. The molecular weight excluding hydrogens is 733 g/mol. The summed E-state index contributed by atoms with van der Waals surface area (Å²) in [4.78, 5) is 10.3. The fourth-order valence-electron chi connectivity index (χ4n) is 9.34. The lowest BCUT2D eigenvalue weighted by Crippen LogP contribution is -2.30. The van der Waals surface area contributed by atoms with E-state index in [2.05, 4.69) is 184 Å². The minimum Gasteiger partial charge on any atom is -0.507 e. The van der Waals surface area contributed by atoms with E-state index >= 15 is 0 Å². The third-order valence-electron chi connectivity index (χ3n) is 12.2. The molecule has 0 atom stereocenters. The fraction of sp³-hybridized carbons (Fsp3) is 0.393. The van der Waals surface area contributed by atoms with Crippen LogP contribution in [-0.4, -0.2) is 15.1 Å². The molecule has 2 aromatic heterocycles. The van der Waals surface area contributed by atoms with Crippen molar-refractivity contribution in [1.29, 1.82) is 0 Å². The first kappa shape index (κ1) is 42.9. The van der Waals surface area contributed by atoms with Crippen LogP contribution in [0.5, 0.6) is 5.75 Å². The molecule has 0 aliphatic rings. The fourth-order valence-corrected chi connectivity index (χ4v) is 9.34. The van der Waals surface area contributed by atoms with Gasteiger partial charge in [0.1, 0.15) is 11.3 Å². The van der Waals surface area contributed by atoms with E-state index < -0.39 is 0 Å². The number of fused-ring (bicyclic) bond motifs is 2. The zero-order valence-corrected chi connectivity index (χ0v) is 39.1. The first-order chi connectivity index (χ1) is 27.7. The minimum atomic E-state index is -0.124. The molecule has 312 valence electrons. The number of hydrogen-bond acceptors (Lipinski definition) is 4. The van der Waals surface area contributed by atoms with Crippen molar-refractivity contribution in [2.45, 2.75) is 133 Å². The van der Waals surface area contributed by atoms with E-state index in [-0.39, 0.29) is 38.7 Å². The standard InChI is InChI=1S/C56H66N2O2/c1-33-23-24-57-48-42(33)31-41(54(8,9)10)32-44(48)37-25-36(26-38(27-37)50(55(11,12)13)56(14,15)16)43-28-35(34-17-19-39(20-18-34)52(2,3)4)29-47-49(43)58-51(60-47)45-30-40(53(5,6)7)21-22-46(45)59/h17-32,50,59H,1-16H3. The van der Waals surface area contributed by atoms with Crippen LogP contribution in [0.1, 0.15) is 138 Å². The number of aromatic nitrogens is 2. The molecule has 0 aliphatic heterocycles. The molecule has 0 bridgehead atoms. The molecular formula is C56H66N2O2. The second-order valence-corrected chi connectivity index (χ2v) is 22.5. The number of phenolic OH excluding ortho intramolecular Hbond substituents is 1.